The molecule has 3 aromatic heterocycles. The van der Waals surface area contributed by atoms with Crippen LogP contribution < -0.4 is 10.2 Å². The van der Waals surface area contributed by atoms with Gasteiger partial charge in [0.15, 0.2) is 0 Å². The van der Waals surface area contributed by atoms with E-state index in [1.165, 1.54) is 10.9 Å². The minimum absolute atomic E-state index is 0.0931. The van der Waals surface area contributed by atoms with Crippen LogP contribution in [0.25, 0.3) is 21.1 Å². The van der Waals surface area contributed by atoms with Gasteiger partial charge in [-0.1, -0.05) is 18.2 Å². The third kappa shape index (κ3) is 4.00. The molecule has 160 valence electrons. The molecule has 0 radical (unpaired) electrons. The molecule has 8 heteroatoms. The van der Waals surface area contributed by atoms with E-state index in [2.05, 4.69) is 53.6 Å². The summed E-state index contributed by atoms with van der Waals surface area (Å²) in [6.07, 6.45) is 4.50. The van der Waals surface area contributed by atoms with Crippen LogP contribution in [0.2, 0.25) is 0 Å². The summed E-state index contributed by atoms with van der Waals surface area (Å²) in [5.74, 6) is 1.09. The van der Waals surface area contributed by atoms with E-state index in [9.17, 15) is 4.79 Å². The van der Waals surface area contributed by atoms with Crippen molar-refractivity contribution in [3.05, 3.63) is 53.8 Å². The number of aromatic amines is 1. The van der Waals surface area contributed by atoms with Gasteiger partial charge in [-0.3, -0.25) is 9.69 Å². The van der Waals surface area contributed by atoms with Gasteiger partial charge in [0.1, 0.15) is 17.0 Å². The summed E-state index contributed by atoms with van der Waals surface area (Å²) in [5, 5.41) is 7.52. The number of para-hydroxylation sites is 1. The third-order valence-corrected chi connectivity index (χ3v) is 6.97. The number of aromatic nitrogens is 3. The number of hydrogen-bond acceptors (Lipinski definition) is 6. The smallest absolute Gasteiger partial charge is 0.237 e. The second-order valence-corrected chi connectivity index (χ2v) is 8.83. The number of carbonyl (C=O) groups is 1. The zero-order chi connectivity index (χ0) is 21.2. The zero-order valence-electron chi connectivity index (χ0n) is 17.5. The first-order chi connectivity index (χ1) is 15.2. The molecule has 0 saturated carbocycles. The summed E-state index contributed by atoms with van der Waals surface area (Å²) in [7, 11) is 0. The molecule has 31 heavy (non-hydrogen) atoms. The van der Waals surface area contributed by atoms with Crippen LogP contribution in [0, 0.1) is 0 Å². The molecule has 1 unspecified atom stereocenters. The number of hydrogen-bond donors (Lipinski definition) is 2. The third-order valence-electron chi connectivity index (χ3n) is 6.15. The Hall–Kier alpha value is -2.97. The number of H-pyrrole nitrogens is 1. The van der Waals surface area contributed by atoms with E-state index in [-0.39, 0.29) is 11.9 Å². The van der Waals surface area contributed by atoms with Crippen molar-refractivity contribution in [3.8, 4) is 0 Å². The minimum Gasteiger partial charge on any atom is -0.361 e. The van der Waals surface area contributed by atoms with Crippen LogP contribution in [0.4, 0.5) is 5.82 Å². The van der Waals surface area contributed by atoms with Crippen molar-refractivity contribution in [1.82, 2.24) is 25.2 Å². The first kappa shape index (κ1) is 20.0. The van der Waals surface area contributed by atoms with Gasteiger partial charge in [-0.2, -0.15) is 0 Å². The molecule has 1 fully saturated rings. The van der Waals surface area contributed by atoms with Crippen LogP contribution in [0.1, 0.15) is 12.5 Å². The lowest BCUT2D eigenvalue weighted by Gasteiger charge is -2.38. The average Bonchev–Trinajstić information content (AvgIpc) is 3.46. The maximum atomic E-state index is 12.7. The molecule has 1 aromatic carbocycles. The number of fused-ring (bicyclic) bond motifs is 2. The average molecular weight is 435 g/mol. The largest absolute Gasteiger partial charge is 0.361 e. The highest BCUT2D eigenvalue weighted by atomic mass is 32.1. The van der Waals surface area contributed by atoms with Crippen LogP contribution in [0.15, 0.2) is 48.2 Å². The first-order valence-electron chi connectivity index (χ1n) is 10.7. The Morgan fingerprint density at radius 1 is 1.16 bits per heavy atom. The van der Waals surface area contributed by atoms with E-state index >= 15 is 0 Å². The molecule has 4 heterocycles. The monoisotopic (exact) mass is 434 g/mol. The summed E-state index contributed by atoms with van der Waals surface area (Å²) in [5.41, 5.74) is 2.38. The molecule has 1 aliphatic rings. The van der Waals surface area contributed by atoms with E-state index in [1.807, 2.05) is 25.3 Å². The number of thiophene rings is 1. The summed E-state index contributed by atoms with van der Waals surface area (Å²) in [4.78, 5) is 30.5. The number of nitrogens with zero attached hydrogens (tertiary/aromatic N) is 4. The number of rotatable bonds is 6. The molecule has 1 amide bonds. The van der Waals surface area contributed by atoms with Crippen LogP contribution in [0.3, 0.4) is 0 Å². The van der Waals surface area contributed by atoms with E-state index < -0.39 is 0 Å². The van der Waals surface area contributed by atoms with Crippen LogP contribution in [-0.4, -0.2) is 64.5 Å². The van der Waals surface area contributed by atoms with Crippen LogP contribution in [-0.2, 0) is 11.2 Å². The predicted octanol–water partition coefficient (Wildman–Crippen LogP) is 3.04. The Bertz CT molecular complexity index is 1190. The number of piperazine rings is 1. The van der Waals surface area contributed by atoms with E-state index in [0.717, 1.165) is 54.2 Å². The molecule has 1 atom stereocenters. The molecule has 0 spiro atoms. The zero-order valence-corrected chi connectivity index (χ0v) is 18.4. The molecule has 0 bridgehead atoms. The molecule has 7 nitrogen and oxygen atoms in total. The Morgan fingerprint density at radius 2 is 2.00 bits per heavy atom. The number of benzene rings is 1. The Labute approximate surface area is 185 Å². The van der Waals surface area contributed by atoms with Crippen molar-refractivity contribution < 1.29 is 4.79 Å². The molecule has 2 N–H and O–H groups in total. The quantitative estimate of drug-likeness (QED) is 0.488. The molecule has 1 aliphatic heterocycles. The fourth-order valence-electron chi connectivity index (χ4n) is 4.32. The second-order valence-electron chi connectivity index (χ2n) is 7.94. The van der Waals surface area contributed by atoms with Gasteiger partial charge < -0.3 is 15.2 Å². The van der Waals surface area contributed by atoms with Crippen molar-refractivity contribution in [2.75, 3.05) is 37.6 Å². The summed E-state index contributed by atoms with van der Waals surface area (Å²) in [6, 6.07) is 10.2. The maximum absolute atomic E-state index is 12.7. The molecular weight excluding hydrogens is 408 g/mol. The van der Waals surface area contributed by atoms with E-state index in [4.69, 9.17) is 0 Å². The van der Waals surface area contributed by atoms with Gasteiger partial charge in [0.05, 0.1) is 11.4 Å². The topological polar surface area (TPSA) is 77.2 Å². The van der Waals surface area contributed by atoms with Crippen molar-refractivity contribution in [1.29, 1.82) is 0 Å². The summed E-state index contributed by atoms with van der Waals surface area (Å²) < 4.78 is 0. The van der Waals surface area contributed by atoms with Gasteiger partial charge in [0.25, 0.3) is 0 Å². The Kier molecular flexibility index (Phi) is 5.57. The highest BCUT2D eigenvalue weighted by Gasteiger charge is 2.26. The van der Waals surface area contributed by atoms with Crippen LogP contribution in [0.5, 0.6) is 0 Å². The second kappa shape index (κ2) is 8.64. The SMILES string of the molecule is CC(C(=O)NCCc1c[nH]c2ccccc12)N1CCN(c2ncnc3sccc23)CC1. The van der Waals surface area contributed by atoms with Gasteiger partial charge in [-0.15, -0.1) is 11.3 Å². The van der Waals surface area contributed by atoms with Gasteiger partial charge >= 0.3 is 0 Å². The lowest BCUT2D eigenvalue weighted by atomic mass is 10.1. The number of amides is 1. The number of nitrogens with one attached hydrogen (secondary N) is 2. The van der Waals surface area contributed by atoms with Crippen molar-refractivity contribution in [2.45, 2.75) is 19.4 Å². The highest BCUT2D eigenvalue weighted by Crippen LogP contribution is 2.27. The maximum Gasteiger partial charge on any atom is 0.237 e. The lowest BCUT2D eigenvalue weighted by molar-refractivity contribution is -0.125. The van der Waals surface area contributed by atoms with Crippen molar-refractivity contribution in [2.24, 2.45) is 0 Å². The first-order valence-corrected chi connectivity index (χ1v) is 11.6. The minimum atomic E-state index is -0.142. The van der Waals surface area contributed by atoms with Gasteiger partial charge in [0, 0.05) is 49.8 Å². The fraction of sp³-hybridized carbons (Fsp3) is 0.348. The Morgan fingerprint density at radius 3 is 2.87 bits per heavy atom. The molecule has 0 aliphatic carbocycles. The Balaban J connectivity index is 1.13. The number of carbonyl (C=O) groups excluding carboxylic acids is 1. The van der Waals surface area contributed by atoms with Crippen molar-refractivity contribution >= 4 is 44.2 Å². The van der Waals surface area contributed by atoms with Crippen LogP contribution >= 0.6 is 11.3 Å². The van der Waals surface area contributed by atoms with E-state index in [0.29, 0.717) is 6.54 Å². The van der Waals surface area contributed by atoms with Crippen molar-refractivity contribution in [3.63, 3.8) is 0 Å². The predicted molar refractivity (Wildman–Crippen MR) is 126 cm³/mol. The lowest BCUT2D eigenvalue weighted by Crippen LogP contribution is -2.54. The fourth-order valence-corrected chi connectivity index (χ4v) is 5.05. The number of anilines is 1. The van der Waals surface area contributed by atoms with Gasteiger partial charge in [0.2, 0.25) is 5.91 Å². The summed E-state index contributed by atoms with van der Waals surface area (Å²) >= 11 is 1.64. The molecular formula is C23H26N6OS. The highest BCUT2D eigenvalue weighted by molar-refractivity contribution is 7.16. The standard InChI is InChI=1S/C23H26N6OS/c1-16(22(30)24-8-6-17-14-25-20-5-3-2-4-18(17)20)28-9-11-29(12-10-28)21-19-7-13-31-23(19)27-15-26-21/h2-5,7,13-16,25H,6,8-12H2,1H3,(H,24,30). The normalized spacial score (nSPS) is 16.1. The van der Waals surface area contributed by atoms with Gasteiger partial charge in [-0.05, 0) is 36.4 Å². The molecule has 1 saturated heterocycles. The van der Waals surface area contributed by atoms with Gasteiger partial charge in [-0.25, -0.2) is 9.97 Å². The van der Waals surface area contributed by atoms with E-state index in [1.54, 1.807) is 17.7 Å². The molecule has 5 rings (SSSR count). The summed E-state index contributed by atoms with van der Waals surface area (Å²) in [6.45, 7) is 6.03. The molecule has 4 aromatic rings.